The first-order chi connectivity index (χ1) is 22.8. The van der Waals surface area contributed by atoms with Gasteiger partial charge < -0.3 is 39.4 Å². The molecule has 4 N–H and O–H groups in total. The summed E-state index contributed by atoms with van der Waals surface area (Å²) >= 11 is 0. The Kier molecular flexibility index (Phi) is 16.1. The molecule has 2 rings (SSSR count). The van der Waals surface area contributed by atoms with Gasteiger partial charge in [-0.1, -0.05) is 77.0 Å². The van der Waals surface area contributed by atoms with E-state index >= 15 is 0 Å². The molecule has 49 heavy (non-hydrogen) atoms. The molecule has 0 unspecified atom stereocenters. The second-order valence-electron chi connectivity index (χ2n) is 14.0. The zero-order valence-electron chi connectivity index (χ0n) is 30.7. The first kappa shape index (κ1) is 42.1. The highest BCUT2D eigenvalue weighted by molar-refractivity contribution is 5.90. The molecule has 2 aliphatic heterocycles. The highest BCUT2D eigenvalue weighted by Gasteiger charge is 2.52. The molecule has 0 aromatic carbocycles. The average molecular weight is 691 g/mol. The lowest BCUT2D eigenvalue weighted by Gasteiger charge is -2.49. The summed E-state index contributed by atoms with van der Waals surface area (Å²) in [5, 5.41) is 43.5. The number of hydrogen-bond acceptors (Lipinski definition) is 10. The Labute approximate surface area is 291 Å². The summed E-state index contributed by atoms with van der Waals surface area (Å²) in [6, 6.07) is 0. The number of carbonyl (C=O) groups excluding carboxylic acids is 2. The number of hydrogen-bond donors (Lipinski definition) is 4. The summed E-state index contributed by atoms with van der Waals surface area (Å²) in [6.45, 7) is 16.4. The summed E-state index contributed by atoms with van der Waals surface area (Å²) in [4.78, 5) is 36.8. The van der Waals surface area contributed by atoms with Crippen molar-refractivity contribution >= 4 is 17.9 Å². The minimum absolute atomic E-state index is 0.0123. The Morgan fingerprint density at radius 3 is 2.39 bits per heavy atom. The molecule has 11 heteroatoms. The number of rotatable bonds is 9. The van der Waals surface area contributed by atoms with Crippen molar-refractivity contribution in [1.29, 1.82) is 0 Å². The van der Waals surface area contributed by atoms with Crippen LogP contribution in [0.1, 0.15) is 81.6 Å². The van der Waals surface area contributed by atoms with Crippen molar-refractivity contribution in [3.63, 3.8) is 0 Å². The van der Waals surface area contributed by atoms with E-state index in [2.05, 4.69) is 0 Å². The van der Waals surface area contributed by atoms with Gasteiger partial charge in [0.1, 0.15) is 18.3 Å². The fraction of sp³-hybridized carbons (Fsp3) is 0.658. The summed E-state index contributed by atoms with van der Waals surface area (Å²) in [6.07, 6.45) is 6.52. The van der Waals surface area contributed by atoms with Gasteiger partial charge in [0.15, 0.2) is 5.79 Å². The van der Waals surface area contributed by atoms with Crippen LogP contribution in [-0.2, 0) is 33.3 Å². The summed E-state index contributed by atoms with van der Waals surface area (Å²) in [7, 11) is 1.48. The number of ether oxygens (including phenoxy) is 4. The van der Waals surface area contributed by atoms with Crippen LogP contribution in [0.25, 0.3) is 0 Å². The topological polar surface area (TPSA) is 169 Å². The minimum Gasteiger partial charge on any atom is -0.478 e. The first-order valence-corrected chi connectivity index (χ1v) is 17.2. The third-order valence-corrected chi connectivity index (χ3v) is 9.91. The fourth-order valence-electron chi connectivity index (χ4n) is 6.79. The molecule has 0 aromatic heterocycles. The number of aliphatic hydroxyl groups is 3. The van der Waals surface area contributed by atoms with Crippen LogP contribution in [0.15, 0.2) is 59.3 Å². The highest BCUT2D eigenvalue weighted by atomic mass is 16.6. The number of carboxylic acids is 1. The third-order valence-electron chi connectivity index (χ3n) is 9.91. The molecule has 0 spiro atoms. The predicted molar refractivity (Wildman–Crippen MR) is 185 cm³/mol. The van der Waals surface area contributed by atoms with Gasteiger partial charge in [-0.15, -0.1) is 0 Å². The quantitative estimate of drug-likeness (QED) is 0.189. The Bertz CT molecular complexity index is 1300. The average Bonchev–Trinajstić information content (AvgIpc) is 3.04. The second-order valence-corrected chi connectivity index (χ2v) is 14.0. The van der Waals surface area contributed by atoms with Gasteiger partial charge in [0.2, 0.25) is 0 Å². The molecule has 0 aromatic rings. The predicted octanol–water partition coefficient (Wildman–Crippen LogP) is 5.05. The van der Waals surface area contributed by atoms with Gasteiger partial charge in [0.25, 0.3) is 0 Å². The SMILES string of the molecule is CC[C@H]1O[C@@](O)([C@@H](C)[C@H](O)[C@H](C)[C@H]2OC(=O)/C(C)=C/C(C)=C/[C@@H](C)[C@@H](O)[C@@H](C)C/C(C)=C/C=C/[C@@H]2OC)C[C@@H](OC(=O)/C=C/C(=O)O)[C@@H]1C. The molecule has 2 aliphatic rings. The second kappa shape index (κ2) is 18.8. The lowest BCUT2D eigenvalue weighted by atomic mass is 9.77. The van der Waals surface area contributed by atoms with Crippen LogP contribution in [0, 0.1) is 29.6 Å². The molecule has 276 valence electrons. The van der Waals surface area contributed by atoms with E-state index in [-0.39, 0.29) is 24.2 Å². The van der Waals surface area contributed by atoms with Crippen molar-refractivity contribution in [2.75, 3.05) is 7.11 Å². The van der Waals surface area contributed by atoms with Crippen LogP contribution in [-0.4, -0.2) is 87.9 Å². The van der Waals surface area contributed by atoms with Crippen molar-refractivity contribution in [3.8, 4) is 0 Å². The summed E-state index contributed by atoms with van der Waals surface area (Å²) in [5.41, 5.74) is 2.15. The molecule has 0 bridgehead atoms. The van der Waals surface area contributed by atoms with Crippen molar-refractivity contribution in [2.24, 2.45) is 29.6 Å². The Hall–Kier alpha value is -3.09. The fourth-order valence-corrected chi connectivity index (χ4v) is 6.79. The number of cyclic esters (lactones) is 1. The van der Waals surface area contributed by atoms with Crippen LogP contribution in [0.4, 0.5) is 0 Å². The maximum absolute atomic E-state index is 13.5. The Morgan fingerprint density at radius 1 is 1.14 bits per heavy atom. The lowest BCUT2D eigenvalue weighted by Crippen LogP contribution is -2.58. The van der Waals surface area contributed by atoms with Gasteiger partial charge in [0, 0.05) is 54.9 Å². The number of methoxy groups -OCH3 is 1. The van der Waals surface area contributed by atoms with E-state index in [0.29, 0.717) is 24.5 Å². The van der Waals surface area contributed by atoms with Crippen LogP contribution in [0.2, 0.25) is 0 Å². The van der Waals surface area contributed by atoms with E-state index in [1.54, 1.807) is 39.0 Å². The van der Waals surface area contributed by atoms with Gasteiger partial charge in [-0.05, 0) is 45.6 Å². The van der Waals surface area contributed by atoms with Crippen LogP contribution in [0.3, 0.4) is 0 Å². The number of aliphatic carboxylic acids is 1. The molecule has 0 amide bonds. The van der Waals surface area contributed by atoms with E-state index in [4.69, 9.17) is 24.1 Å². The molecule has 11 nitrogen and oxygen atoms in total. The highest BCUT2D eigenvalue weighted by Crippen LogP contribution is 2.41. The zero-order chi connectivity index (χ0) is 37.2. The molecule has 0 aliphatic carbocycles. The first-order valence-electron chi connectivity index (χ1n) is 17.2. The van der Waals surface area contributed by atoms with Crippen LogP contribution in [0.5, 0.6) is 0 Å². The van der Waals surface area contributed by atoms with E-state index in [9.17, 15) is 29.7 Å². The third kappa shape index (κ3) is 11.7. The number of carbonyl (C=O) groups is 3. The van der Waals surface area contributed by atoms with E-state index in [1.165, 1.54) is 7.11 Å². The molecule has 0 saturated carbocycles. The standard InChI is InChI=1S/C38H58O11/c1-11-29-26(7)31(47-33(41)16-15-32(39)40)20-38(45,49-29)28(9)35(43)27(8)36-30(46-10)14-12-13-21(2)17-23(4)34(42)24(5)18-22(3)19-25(6)37(44)48-36/h12-16,18-19,23-24,26-31,34-36,42-43,45H,11,17,20H2,1-10H3,(H,39,40)/b14-12+,16-15+,21-13+,22-18+,25-19+/t23-,24+,26+,27-,28-,29+,30-,31+,34-,35+,36+,38+/m0/s1. The van der Waals surface area contributed by atoms with E-state index in [0.717, 1.165) is 17.2 Å². The van der Waals surface area contributed by atoms with Crippen molar-refractivity contribution in [1.82, 2.24) is 0 Å². The monoisotopic (exact) mass is 690 g/mol. The van der Waals surface area contributed by atoms with Crippen molar-refractivity contribution < 1.29 is 53.8 Å². The van der Waals surface area contributed by atoms with Gasteiger partial charge in [-0.25, -0.2) is 14.4 Å². The Morgan fingerprint density at radius 2 is 1.80 bits per heavy atom. The van der Waals surface area contributed by atoms with E-state index in [1.807, 2.05) is 53.7 Å². The molecule has 12 atom stereocenters. The minimum atomic E-state index is -1.95. The van der Waals surface area contributed by atoms with Gasteiger partial charge in [-0.2, -0.15) is 0 Å². The number of aliphatic hydroxyl groups excluding tert-OH is 2. The zero-order valence-corrected chi connectivity index (χ0v) is 30.7. The number of carboxylic acid groups (broad SMARTS) is 1. The van der Waals surface area contributed by atoms with Gasteiger partial charge in [0.05, 0.1) is 18.3 Å². The maximum atomic E-state index is 13.5. The maximum Gasteiger partial charge on any atom is 0.334 e. The van der Waals surface area contributed by atoms with Crippen LogP contribution < -0.4 is 0 Å². The summed E-state index contributed by atoms with van der Waals surface area (Å²) in [5.74, 6) is -6.97. The lowest BCUT2D eigenvalue weighted by molar-refractivity contribution is -0.323. The smallest absolute Gasteiger partial charge is 0.334 e. The number of allylic oxidation sites excluding steroid dienone is 5. The molecular formula is C38H58O11. The largest absolute Gasteiger partial charge is 0.478 e. The van der Waals surface area contributed by atoms with Gasteiger partial charge >= 0.3 is 17.9 Å². The molecule has 2 heterocycles. The van der Waals surface area contributed by atoms with Crippen LogP contribution >= 0.6 is 0 Å². The molecule has 0 radical (unpaired) electrons. The van der Waals surface area contributed by atoms with E-state index < -0.39 is 72.2 Å². The molecule has 1 fully saturated rings. The Balaban J connectivity index is 2.48. The number of esters is 2. The van der Waals surface area contributed by atoms with Gasteiger partial charge in [-0.3, -0.25) is 0 Å². The molecular weight excluding hydrogens is 632 g/mol. The molecule has 1 saturated heterocycles. The van der Waals surface area contributed by atoms with Crippen molar-refractivity contribution in [3.05, 3.63) is 59.3 Å². The normalized spacial score (nSPS) is 38.1. The summed E-state index contributed by atoms with van der Waals surface area (Å²) < 4.78 is 23.6. The van der Waals surface area contributed by atoms with Crippen molar-refractivity contribution in [2.45, 2.75) is 124 Å².